The summed E-state index contributed by atoms with van der Waals surface area (Å²) in [6.07, 6.45) is 0.845. The van der Waals surface area contributed by atoms with Crippen molar-refractivity contribution in [2.24, 2.45) is 11.3 Å². The molecule has 4 amide bonds. The van der Waals surface area contributed by atoms with E-state index in [1.165, 1.54) is 11.3 Å². The molecule has 0 atom stereocenters. The number of hydrogen-bond acceptors (Lipinski definition) is 5. The van der Waals surface area contributed by atoms with E-state index in [0.29, 0.717) is 55.5 Å². The van der Waals surface area contributed by atoms with Crippen molar-refractivity contribution >= 4 is 50.2 Å². The number of carboxylic acids is 1. The van der Waals surface area contributed by atoms with Crippen LogP contribution in [0.15, 0.2) is 24.3 Å². The molecule has 4 N–H and O–H groups in total. The van der Waals surface area contributed by atoms with Crippen molar-refractivity contribution in [1.82, 2.24) is 15.5 Å². The highest BCUT2D eigenvalue weighted by Crippen LogP contribution is 2.41. The average molecular weight is 503 g/mol. The number of rotatable bonds is 9. The Morgan fingerprint density at radius 2 is 1.77 bits per heavy atom. The van der Waals surface area contributed by atoms with E-state index >= 15 is 0 Å². The molecular formula is C25H34N4O5S. The first-order chi connectivity index (χ1) is 16.6. The SMILES string of the molecule is CCNC(=O)Nc1sc2ccccc2c1C(=O)N1CCC(CC(=O)O)(CC(=O)NCC(C)C)CC1. The number of nitrogens with one attached hydrogen (secondary N) is 3. The molecule has 0 aliphatic carbocycles. The number of carbonyl (C=O) groups excluding carboxylic acids is 3. The van der Waals surface area contributed by atoms with E-state index in [0.717, 1.165) is 10.1 Å². The summed E-state index contributed by atoms with van der Waals surface area (Å²) in [5.74, 6) is -1.01. The van der Waals surface area contributed by atoms with E-state index in [1.54, 1.807) is 4.90 Å². The van der Waals surface area contributed by atoms with Crippen LogP contribution in [0.3, 0.4) is 0 Å². The predicted octanol–water partition coefficient (Wildman–Crippen LogP) is 3.90. The maximum atomic E-state index is 13.6. The van der Waals surface area contributed by atoms with Gasteiger partial charge in [-0.25, -0.2) is 4.79 Å². The van der Waals surface area contributed by atoms with Gasteiger partial charge in [-0.2, -0.15) is 0 Å². The zero-order valence-electron chi connectivity index (χ0n) is 20.5. The van der Waals surface area contributed by atoms with Crippen LogP contribution in [0.2, 0.25) is 0 Å². The zero-order chi connectivity index (χ0) is 25.6. The Hall–Kier alpha value is -3.14. The second-order valence-corrected chi connectivity index (χ2v) is 10.6. The average Bonchev–Trinajstić information content (AvgIpc) is 3.15. The number of likely N-dealkylation sites (tertiary alicyclic amines) is 1. The molecule has 0 unspecified atom stereocenters. The lowest BCUT2D eigenvalue weighted by Crippen LogP contribution is -2.46. The fraction of sp³-hybridized carbons (Fsp3) is 0.520. The Bertz CT molecular complexity index is 1090. The number of hydrogen-bond donors (Lipinski definition) is 4. The minimum Gasteiger partial charge on any atom is -0.481 e. The number of anilines is 1. The minimum absolute atomic E-state index is 0.116. The molecule has 35 heavy (non-hydrogen) atoms. The maximum Gasteiger partial charge on any atom is 0.319 e. The summed E-state index contributed by atoms with van der Waals surface area (Å²) in [5.41, 5.74) is -0.250. The molecular weight excluding hydrogens is 468 g/mol. The second kappa shape index (κ2) is 11.5. The number of benzene rings is 1. The lowest BCUT2D eigenvalue weighted by molar-refractivity contribution is -0.141. The van der Waals surface area contributed by atoms with Gasteiger partial charge in [-0.05, 0) is 37.2 Å². The molecule has 10 heteroatoms. The van der Waals surface area contributed by atoms with E-state index in [4.69, 9.17) is 0 Å². The topological polar surface area (TPSA) is 128 Å². The molecule has 0 saturated carbocycles. The Kier molecular flexibility index (Phi) is 8.71. The molecule has 1 aromatic carbocycles. The number of thiophene rings is 1. The van der Waals surface area contributed by atoms with Gasteiger partial charge < -0.3 is 20.6 Å². The number of carbonyl (C=O) groups is 4. The van der Waals surface area contributed by atoms with Gasteiger partial charge in [0.15, 0.2) is 0 Å². The molecule has 1 aromatic heterocycles. The van der Waals surface area contributed by atoms with Gasteiger partial charge in [-0.1, -0.05) is 32.0 Å². The predicted molar refractivity (Wildman–Crippen MR) is 137 cm³/mol. The van der Waals surface area contributed by atoms with Gasteiger partial charge in [0.1, 0.15) is 5.00 Å². The number of nitrogens with zero attached hydrogens (tertiary/aromatic N) is 1. The quantitative estimate of drug-likeness (QED) is 0.413. The van der Waals surface area contributed by atoms with Crippen molar-refractivity contribution in [3.05, 3.63) is 29.8 Å². The van der Waals surface area contributed by atoms with Crippen molar-refractivity contribution in [2.45, 2.75) is 46.5 Å². The first kappa shape index (κ1) is 26.5. The van der Waals surface area contributed by atoms with Crippen LogP contribution in [0, 0.1) is 11.3 Å². The number of carboxylic acid groups (broad SMARTS) is 1. The normalized spacial score (nSPS) is 15.1. The summed E-state index contributed by atoms with van der Waals surface area (Å²) in [7, 11) is 0. The standard InChI is InChI=1S/C25H34N4O5S/c1-4-26-24(34)28-22-21(17-7-5-6-8-18(17)35-22)23(33)29-11-9-25(10-12-29,14-20(31)32)13-19(30)27-15-16(2)3/h5-8,16H,4,9-15H2,1-3H3,(H,27,30)(H,31,32)(H2,26,28,34). The van der Waals surface area contributed by atoms with E-state index in [9.17, 15) is 24.3 Å². The van der Waals surface area contributed by atoms with Gasteiger partial charge in [-0.3, -0.25) is 19.7 Å². The van der Waals surface area contributed by atoms with Crippen LogP contribution in [0.4, 0.5) is 9.80 Å². The molecule has 190 valence electrons. The Morgan fingerprint density at radius 3 is 2.40 bits per heavy atom. The van der Waals surface area contributed by atoms with Crippen LogP contribution in [0.1, 0.15) is 56.8 Å². The summed E-state index contributed by atoms with van der Waals surface area (Å²) in [4.78, 5) is 51.7. The van der Waals surface area contributed by atoms with Crippen molar-refractivity contribution in [1.29, 1.82) is 0 Å². The number of piperidine rings is 1. The van der Waals surface area contributed by atoms with Crippen molar-refractivity contribution in [3.63, 3.8) is 0 Å². The largest absolute Gasteiger partial charge is 0.481 e. The van der Waals surface area contributed by atoms with Crippen LogP contribution in [-0.2, 0) is 9.59 Å². The summed E-state index contributed by atoms with van der Waals surface area (Å²) < 4.78 is 0.890. The third kappa shape index (κ3) is 6.72. The Balaban J connectivity index is 1.79. The van der Waals surface area contributed by atoms with Gasteiger partial charge in [0.2, 0.25) is 5.91 Å². The van der Waals surface area contributed by atoms with Gasteiger partial charge in [0, 0.05) is 42.7 Å². The summed E-state index contributed by atoms with van der Waals surface area (Å²) in [6.45, 7) is 7.50. The summed E-state index contributed by atoms with van der Waals surface area (Å²) >= 11 is 1.34. The van der Waals surface area contributed by atoms with Gasteiger partial charge in [0.25, 0.3) is 5.91 Å². The molecule has 1 aliphatic rings. The highest BCUT2D eigenvalue weighted by Gasteiger charge is 2.40. The lowest BCUT2D eigenvalue weighted by atomic mass is 9.72. The molecule has 1 aliphatic heterocycles. The Morgan fingerprint density at radius 1 is 1.09 bits per heavy atom. The van der Waals surface area contributed by atoms with Crippen LogP contribution in [0.25, 0.3) is 10.1 Å². The fourth-order valence-corrected chi connectivity index (χ4v) is 5.54. The molecule has 0 bridgehead atoms. The molecule has 1 fully saturated rings. The molecule has 3 rings (SSSR count). The lowest BCUT2D eigenvalue weighted by Gasteiger charge is -2.41. The van der Waals surface area contributed by atoms with E-state index < -0.39 is 11.4 Å². The molecule has 2 aromatic rings. The molecule has 2 heterocycles. The zero-order valence-corrected chi connectivity index (χ0v) is 21.3. The third-order valence-corrected chi connectivity index (χ3v) is 7.34. The van der Waals surface area contributed by atoms with Crippen LogP contribution >= 0.6 is 11.3 Å². The van der Waals surface area contributed by atoms with E-state index in [-0.39, 0.29) is 30.7 Å². The van der Waals surface area contributed by atoms with E-state index in [2.05, 4.69) is 16.0 Å². The molecule has 1 saturated heterocycles. The summed E-state index contributed by atoms with van der Waals surface area (Å²) in [6, 6.07) is 7.13. The van der Waals surface area contributed by atoms with Gasteiger partial charge in [0.05, 0.1) is 12.0 Å². The highest BCUT2D eigenvalue weighted by molar-refractivity contribution is 7.23. The van der Waals surface area contributed by atoms with Gasteiger partial charge in [-0.15, -0.1) is 11.3 Å². The molecule has 9 nitrogen and oxygen atoms in total. The molecule has 0 spiro atoms. The number of amides is 4. The van der Waals surface area contributed by atoms with Crippen LogP contribution < -0.4 is 16.0 Å². The number of fused-ring (bicyclic) bond motifs is 1. The van der Waals surface area contributed by atoms with Gasteiger partial charge >= 0.3 is 12.0 Å². The Labute approximate surface area is 209 Å². The molecule has 0 radical (unpaired) electrons. The number of urea groups is 1. The second-order valence-electron chi connectivity index (χ2n) is 9.52. The smallest absolute Gasteiger partial charge is 0.319 e. The van der Waals surface area contributed by atoms with Crippen molar-refractivity contribution in [3.8, 4) is 0 Å². The number of aliphatic carboxylic acids is 1. The monoisotopic (exact) mass is 502 g/mol. The van der Waals surface area contributed by atoms with Crippen LogP contribution in [0.5, 0.6) is 0 Å². The first-order valence-electron chi connectivity index (χ1n) is 12.0. The minimum atomic E-state index is -0.946. The summed E-state index contributed by atoms with van der Waals surface area (Å²) in [5, 5.41) is 19.1. The highest BCUT2D eigenvalue weighted by atomic mass is 32.1. The maximum absolute atomic E-state index is 13.6. The first-order valence-corrected chi connectivity index (χ1v) is 12.8. The van der Waals surface area contributed by atoms with Crippen molar-refractivity contribution < 1.29 is 24.3 Å². The fourth-order valence-electron chi connectivity index (χ4n) is 4.45. The van der Waals surface area contributed by atoms with E-state index in [1.807, 2.05) is 45.0 Å². The third-order valence-electron chi connectivity index (χ3n) is 6.25. The van der Waals surface area contributed by atoms with Crippen LogP contribution in [-0.4, -0.2) is 60.0 Å². The van der Waals surface area contributed by atoms with Crippen molar-refractivity contribution in [2.75, 3.05) is 31.5 Å².